The number of aliphatic hydroxyl groups excluding tert-OH is 1. The van der Waals surface area contributed by atoms with E-state index in [1.807, 2.05) is 13.8 Å². The van der Waals surface area contributed by atoms with Gasteiger partial charge in [-0.1, -0.05) is 0 Å². The van der Waals surface area contributed by atoms with Crippen LogP contribution in [0.3, 0.4) is 0 Å². The van der Waals surface area contributed by atoms with Gasteiger partial charge < -0.3 is 19.7 Å². The van der Waals surface area contributed by atoms with E-state index < -0.39 is 17.5 Å². The first kappa shape index (κ1) is 15.1. The first-order valence-electron chi connectivity index (χ1n) is 6.02. The summed E-state index contributed by atoms with van der Waals surface area (Å²) in [6.07, 6.45) is -1.15. The van der Waals surface area contributed by atoms with Crippen molar-refractivity contribution in [3.05, 3.63) is 0 Å². The van der Waals surface area contributed by atoms with Gasteiger partial charge in [-0.3, -0.25) is 9.59 Å². The number of Topliss-reactive ketones (excluding diaryl/α,β-unsaturated/α-hetero) is 1. The molecule has 0 radical (unpaired) electrons. The maximum atomic E-state index is 11.8. The highest BCUT2D eigenvalue weighted by molar-refractivity contribution is 6.03. The Morgan fingerprint density at radius 2 is 2.22 bits per heavy atom. The molecule has 0 amide bonds. The van der Waals surface area contributed by atoms with Crippen molar-refractivity contribution in [1.29, 1.82) is 0 Å². The number of hydrogen-bond acceptors (Lipinski definition) is 5. The van der Waals surface area contributed by atoms with Gasteiger partial charge in [0.15, 0.2) is 11.2 Å². The van der Waals surface area contributed by atoms with E-state index in [1.165, 1.54) is 0 Å². The van der Waals surface area contributed by atoms with Crippen molar-refractivity contribution in [3.63, 3.8) is 0 Å². The van der Waals surface area contributed by atoms with Gasteiger partial charge in [0.25, 0.3) is 0 Å². The average Bonchev–Trinajstić information content (AvgIpc) is 2.29. The molecule has 18 heavy (non-hydrogen) atoms. The zero-order chi connectivity index (χ0) is 13.8. The van der Waals surface area contributed by atoms with Gasteiger partial charge >= 0.3 is 5.97 Å². The highest BCUT2D eigenvalue weighted by atomic mass is 16.5. The van der Waals surface area contributed by atoms with E-state index in [0.29, 0.717) is 0 Å². The van der Waals surface area contributed by atoms with E-state index in [-0.39, 0.29) is 44.5 Å². The molecule has 0 aromatic carbocycles. The number of carbonyl (C=O) groups excluding carboxylic acids is 1. The zero-order valence-corrected chi connectivity index (χ0v) is 10.7. The Hall–Kier alpha value is -0.980. The van der Waals surface area contributed by atoms with E-state index in [0.717, 1.165) is 0 Å². The number of ketones is 1. The molecule has 1 rings (SSSR count). The van der Waals surface area contributed by atoms with E-state index >= 15 is 0 Å². The van der Waals surface area contributed by atoms with Crippen molar-refractivity contribution >= 4 is 11.8 Å². The number of rotatable bonds is 6. The second kappa shape index (κ2) is 6.26. The third-order valence-corrected chi connectivity index (χ3v) is 2.97. The minimum atomic E-state index is -1.63. The maximum Gasteiger partial charge on any atom is 0.319 e. The lowest BCUT2D eigenvalue weighted by Crippen LogP contribution is -2.49. The number of carboxylic acid groups (broad SMARTS) is 1. The molecule has 6 nitrogen and oxygen atoms in total. The number of hydrogen-bond donors (Lipinski definition) is 2. The summed E-state index contributed by atoms with van der Waals surface area (Å²) in [5.74, 6) is -1.62. The summed E-state index contributed by atoms with van der Waals surface area (Å²) in [7, 11) is 0. The van der Waals surface area contributed by atoms with Gasteiger partial charge in [-0.25, -0.2) is 0 Å². The summed E-state index contributed by atoms with van der Waals surface area (Å²) >= 11 is 0. The van der Waals surface area contributed by atoms with Gasteiger partial charge in [0.1, 0.15) is 0 Å². The average molecular weight is 260 g/mol. The molecule has 0 aromatic heterocycles. The summed E-state index contributed by atoms with van der Waals surface area (Å²) in [5.41, 5.74) is -1.63. The third kappa shape index (κ3) is 3.51. The van der Waals surface area contributed by atoms with Crippen LogP contribution in [0, 0.1) is 5.41 Å². The van der Waals surface area contributed by atoms with E-state index in [4.69, 9.17) is 9.47 Å². The van der Waals surface area contributed by atoms with Crippen LogP contribution in [0.2, 0.25) is 0 Å². The molecule has 0 aliphatic carbocycles. The van der Waals surface area contributed by atoms with Crippen molar-refractivity contribution < 1.29 is 29.3 Å². The summed E-state index contributed by atoms with van der Waals surface area (Å²) in [4.78, 5) is 23.1. The fraction of sp³-hybridized carbons (Fsp3) is 0.833. The predicted molar refractivity (Wildman–Crippen MR) is 62.2 cm³/mol. The SMILES string of the molecule is CC(C)OCC(O)CC1(C(=O)O)COCCC1=O. The fourth-order valence-electron chi connectivity index (χ4n) is 1.94. The highest BCUT2D eigenvalue weighted by Crippen LogP contribution is 2.31. The lowest BCUT2D eigenvalue weighted by atomic mass is 9.76. The standard InChI is InChI=1S/C12H20O6/c1-8(2)18-6-9(13)5-12(11(15)16)7-17-4-3-10(12)14/h8-9,13H,3-7H2,1-2H3,(H,15,16). The lowest BCUT2D eigenvalue weighted by molar-refractivity contribution is -0.168. The summed E-state index contributed by atoms with van der Waals surface area (Å²) in [6, 6.07) is 0. The third-order valence-electron chi connectivity index (χ3n) is 2.97. The van der Waals surface area contributed by atoms with Gasteiger partial charge in [0.05, 0.1) is 32.0 Å². The Morgan fingerprint density at radius 1 is 1.56 bits per heavy atom. The van der Waals surface area contributed by atoms with Gasteiger partial charge in [0, 0.05) is 12.8 Å². The van der Waals surface area contributed by atoms with Crippen LogP contribution in [0.15, 0.2) is 0 Å². The van der Waals surface area contributed by atoms with Crippen LogP contribution in [0.5, 0.6) is 0 Å². The van der Waals surface area contributed by atoms with E-state index in [9.17, 15) is 19.8 Å². The monoisotopic (exact) mass is 260 g/mol. The number of carboxylic acids is 1. The molecule has 1 aliphatic heterocycles. The first-order chi connectivity index (χ1) is 8.38. The Morgan fingerprint density at radius 3 is 2.72 bits per heavy atom. The molecule has 6 heteroatoms. The van der Waals surface area contributed by atoms with E-state index in [1.54, 1.807) is 0 Å². The smallest absolute Gasteiger partial charge is 0.319 e. The second-order valence-corrected chi connectivity index (χ2v) is 4.85. The van der Waals surface area contributed by atoms with Gasteiger partial charge in [-0.15, -0.1) is 0 Å². The zero-order valence-electron chi connectivity index (χ0n) is 10.7. The molecule has 1 heterocycles. The topological polar surface area (TPSA) is 93.1 Å². The molecule has 1 saturated heterocycles. The van der Waals surface area contributed by atoms with Crippen LogP contribution in [0.1, 0.15) is 26.7 Å². The van der Waals surface area contributed by atoms with Crippen LogP contribution in [0.4, 0.5) is 0 Å². The first-order valence-corrected chi connectivity index (χ1v) is 6.02. The van der Waals surface area contributed by atoms with Gasteiger partial charge in [-0.05, 0) is 13.8 Å². The normalized spacial score (nSPS) is 26.3. The quantitative estimate of drug-likeness (QED) is 0.664. The van der Waals surface area contributed by atoms with Crippen molar-refractivity contribution in [2.75, 3.05) is 19.8 Å². The molecule has 0 spiro atoms. The van der Waals surface area contributed by atoms with Crippen molar-refractivity contribution in [1.82, 2.24) is 0 Å². The Bertz CT molecular complexity index is 314. The summed E-state index contributed by atoms with van der Waals surface area (Å²) < 4.78 is 10.3. The molecule has 2 N–H and O–H groups in total. The van der Waals surface area contributed by atoms with Crippen LogP contribution in [-0.4, -0.2) is 54.0 Å². The lowest BCUT2D eigenvalue weighted by Gasteiger charge is -2.33. The molecule has 0 aromatic rings. The molecular formula is C12H20O6. The molecule has 104 valence electrons. The molecule has 1 fully saturated rings. The van der Waals surface area contributed by atoms with Crippen LogP contribution in [-0.2, 0) is 19.1 Å². The van der Waals surface area contributed by atoms with Crippen LogP contribution in [0.25, 0.3) is 0 Å². The predicted octanol–water partition coefficient (Wildman–Crippen LogP) is 0.223. The largest absolute Gasteiger partial charge is 0.480 e. The fourth-order valence-corrected chi connectivity index (χ4v) is 1.94. The number of carbonyl (C=O) groups is 2. The molecular weight excluding hydrogens is 240 g/mol. The minimum Gasteiger partial charge on any atom is -0.480 e. The molecule has 0 saturated carbocycles. The molecule has 2 atom stereocenters. The second-order valence-electron chi connectivity index (χ2n) is 4.85. The van der Waals surface area contributed by atoms with E-state index in [2.05, 4.69) is 0 Å². The number of aliphatic hydroxyl groups is 1. The van der Waals surface area contributed by atoms with Crippen molar-refractivity contribution in [2.45, 2.75) is 38.9 Å². The molecule has 1 aliphatic rings. The summed E-state index contributed by atoms with van der Waals surface area (Å²) in [5, 5.41) is 19.0. The minimum absolute atomic E-state index is 0.0139. The van der Waals surface area contributed by atoms with Crippen molar-refractivity contribution in [3.8, 4) is 0 Å². The number of ether oxygens (including phenoxy) is 2. The Labute approximate surface area is 106 Å². The number of aliphatic carboxylic acids is 1. The van der Waals surface area contributed by atoms with Crippen molar-refractivity contribution in [2.24, 2.45) is 5.41 Å². The Balaban J connectivity index is 2.68. The highest BCUT2D eigenvalue weighted by Gasteiger charge is 2.49. The van der Waals surface area contributed by atoms with Gasteiger partial charge in [0.2, 0.25) is 0 Å². The maximum absolute atomic E-state index is 11.8. The molecule has 2 unspecified atom stereocenters. The van der Waals surface area contributed by atoms with Crippen LogP contribution >= 0.6 is 0 Å². The van der Waals surface area contributed by atoms with Gasteiger partial charge in [-0.2, -0.15) is 0 Å². The molecule has 0 bridgehead atoms. The Kier molecular flexibility index (Phi) is 5.25. The van der Waals surface area contributed by atoms with Crippen LogP contribution < -0.4 is 0 Å². The summed E-state index contributed by atoms with van der Waals surface area (Å²) in [6.45, 7) is 3.70.